The third-order valence-corrected chi connectivity index (χ3v) is 3.52. The zero-order chi connectivity index (χ0) is 15.8. The van der Waals surface area contributed by atoms with E-state index in [0.29, 0.717) is 0 Å². The summed E-state index contributed by atoms with van der Waals surface area (Å²) in [5.41, 5.74) is 0. The number of hydrogen-bond acceptors (Lipinski definition) is 3. The van der Waals surface area contributed by atoms with Gasteiger partial charge < -0.3 is 20.2 Å². The lowest BCUT2D eigenvalue weighted by atomic mass is 10.3. The Bertz CT molecular complexity index is 378. The van der Waals surface area contributed by atoms with Crippen LogP contribution >= 0.6 is 0 Å². The molecule has 0 spiro atoms. The second kappa shape index (κ2) is 8.49. The van der Waals surface area contributed by atoms with E-state index in [2.05, 4.69) is 5.32 Å². The highest BCUT2D eigenvalue weighted by Gasteiger charge is 2.20. The van der Waals surface area contributed by atoms with Crippen LogP contribution in [-0.4, -0.2) is 65.0 Å². The van der Waals surface area contributed by atoms with E-state index in [-0.39, 0.29) is 43.9 Å². The van der Waals surface area contributed by atoms with Crippen LogP contribution in [0.15, 0.2) is 0 Å². The average molecular weight is 299 g/mol. The standard InChI is InChI=1S/C14H25N3O4/c1-11(2)17(10-6-13(19)20)14(21)15-7-5-12(18)16-8-3-4-9-16/h11H,3-10H2,1-2H3,(H,15,21)(H,19,20). The van der Waals surface area contributed by atoms with Crippen LogP contribution in [0.1, 0.15) is 39.5 Å². The molecule has 120 valence electrons. The van der Waals surface area contributed by atoms with Gasteiger partial charge in [-0.2, -0.15) is 0 Å². The normalized spacial score (nSPS) is 14.3. The summed E-state index contributed by atoms with van der Waals surface area (Å²) in [6.07, 6.45) is 2.30. The van der Waals surface area contributed by atoms with Gasteiger partial charge in [0.25, 0.3) is 0 Å². The fraction of sp³-hybridized carbons (Fsp3) is 0.786. The molecule has 1 aliphatic heterocycles. The molecule has 21 heavy (non-hydrogen) atoms. The van der Waals surface area contributed by atoms with Crippen molar-refractivity contribution in [3.8, 4) is 0 Å². The molecule has 0 aromatic carbocycles. The second-order valence-electron chi connectivity index (χ2n) is 5.50. The molecule has 0 aromatic heterocycles. The second-order valence-corrected chi connectivity index (χ2v) is 5.50. The smallest absolute Gasteiger partial charge is 0.317 e. The lowest BCUT2D eigenvalue weighted by Crippen LogP contribution is -2.45. The largest absolute Gasteiger partial charge is 0.481 e. The summed E-state index contributed by atoms with van der Waals surface area (Å²) >= 11 is 0. The molecule has 2 N–H and O–H groups in total. The third-order valence-electron chi connectivity index (χ3n) is 3.52. The Morgan fingerprint density at radius 2 is 1.81 bits per heavy atom. The van der Waals surface area contributed by atoms with E-state index in [1.165, 1.54) is 4.90 Å². The molecule has 0 bridgehead atoms. The van der Waals surface area contributed by atoms with E-state index >= 15 is 0 Å². The summed E-state index contributed by atoms with van der Waals surface area (Å²) in [4.78, 5) is 37.7. The molecule has 0 radical (unpaired) electrons. The summed E-state index contributed by atoms with van der Waals surface area (Å²) in [5, 5.41) is 11.4. The fourth-order valence-electron chi connectivity index (χ4n) is 2.31. The Morgan fingerprint density at radius 1 is 1.19 bits per heavy atom. The Labute approximate surface area is 125 Å². The molecular weight excluding hydrogens is 274 g/mol. The zero-order valence-electron chi connectivity index (χ0n) is 12.8. The molecule has 1 aliphatic rings. The summed E-state index contributed by atoms with van der Waals surface area (Å²) in [6.45, 7) is 5.73. The van der Waals surface area contributed by atoms with E-state index in [4.69, 9.17) is 5.11 Å². The number of amides is 3. The summed E-state index contributed by atoms with van der Waals surface area (Å²) in [6, 6.07) is -0.404. The van der Waals surface area contributed by atoms with Gasteiger partial charge in [0.1, 0.15) is 0 Å². The molecule has 0 aliphatic carbocycles. The van der Waals surface area contributed by atoms with Gasteiger partial charge in [-0.3, -0.25) is 9.59 Å². The quantitative estimate of drug-likeness (QED) is 0.730. The number of hydrogen-bond donors (Lipinski definition) is 2. The van der Waals surface area contributed by atoms with Crippen LogP contribution in [0, 0.1) is 0 Å². The Hall–Kier alpha value is -1.79. The number of rotatable bonds is 7. The topological polar surface area (TPSA) is 90.0 Å². The maximum absolute atomic E-state index is 12.0. The highest BCUT2D eigenvalue weighted by Crippen LogP contribution is 2.08. The van der Waals surface area contributed by atoms with Crippen LogP contribution in [0.25, 0.3) is 0 Å². The van der Waals surface area contributed by atoms with Gasteiger partial charge in [0, 0.05) is 38.6 Å². The summed E-state index contributed by atoms with van der Waals surface area (Å²) in [7, 11) is 0. The molecule has 1 saturated heterocycles. The molecule has 1 fully saturated rings. The molecule has 7 nitrogen and oxygen atoms in total. The van der Waals surface area contributed by atoms with E-state index < -0.39 is 5.97 Å². The number of nitrogens with zero attached hydrogens (tertiary/aromatic N) is 2. The number of nitrogens with one attached hydrogen (secondary N) is 1. The van der Waals surface area contributed by atoms with Crippen LogP contribution in [0.3, 0.4) is 0 Å². The Balaban J connectivity index is 2.32. The molecule has 3 amide bonds. The number of likely N-dealkylation sites (tertiary alicyclic amines) is 1. The lowest BCUT2D eigenvalue weighted by molar-refractivity contribution is -0.137. The van der Waals surface area contributed by atoms with E-state index in [1.807, 2.05) is 18.7 Å². The van der Waals surface area contributed by atoms with Crippen molar-refractivity contribution in [2.75, 3.05) is 26.2 Å². The number of carbonyl (C=O) groups is 3. The van der Waals surface area contributed by atoms with Gasteiger partial charge in [-0.05, 0) is 26.7 Å². The monoisotopic (exact) mass is 299 g/mol. The molecule has 0 unspecified atom stereocenters. The Kier molecular flexibility index (Phi) is 6.98. The molecule has 1 rings (SSSR count). The van der Waals surface area contributed by atoms with Crippen molar-refractivity contribution in [3.05, 3.63) is 0 Å². The van der Waals surface area contributed by atoms with Crippen molar-refractivity contribution in [3.63, 3.8) is 0 Å². The average Bonchev–Trinajstić information content (AvgIpc) is 2.91. The molecule has 1 heterocycles. The van der Waals surface area contributed by atoms with Crippen LogP contribution in [-0.2, 0) is 9.59 Å². The van der Waals surface area contributed by atoms with Crippen molar-refractivity contribution in [1.82, 2.24) is 15.1 Å². The molecule has 7 heteroatoms. The van der Waals surface area contributed by atoms with Gasteiger partial charge in [-0.1, -0.05) is 0 Å². The van der Waals surface area contributed by atoms with Gasteiger partial charge in [0.05, 0.1) is 6.42 Å². The van der Waals surface area contributed by atoms with E-state index in [9.17, 15) is 14.4 Å². The van der Waals surface area contributed by atoms with Gasteiger partial charge in [0.15, 0.2) is 0 Å². The predicted molar refractivity (Wildman–Crippen MR) is 77.9 cm³/mol. The fourth-order valence-corrected chi connectivity index (χ4v) is 2.31. The minimum atomic E-state index is -0.933. The molecule has 0 saturated carbocycles. The van der Waals surface area contributed by atoms with Gasteiger partial charge in [-0.25, -0.2) is 4.79 Å². The van der Waals surface area contributed by atoms with Crippen molar-refractivity contribution >= 4 is 17.9 Å². The minimum absolute atomic E-state index is 0.0643. The molecule has 0 aromatic rings. The van der Waals surface area contributed by atoms with Crippen LogP contribution in [0.5, 0.6) is 0 Å². The van der Waals surface area contributed by atoms with Gasteiger partial charge in [0.2, 0.25) is 5.91 Å². The highest BCUT2D eigenvalue weighted by molar-refractivity contribution is 5.79. The summed E-state index contributed by atoms with van der Waals surface area (Å²) < 4.78 is 0. The summed E-state index contributed by atoms with van der Waals surface area (Å²) in [5.74, 6) is -0.868. The number of aliphatic carboxylic acids is 1. The first kappa shape index (κ1) is 17.3. The number of urea groups is 1. The third kappa shape index (κ3) is 6.01. The van der Waals surface area contributed by atoms with E-state index in [0.717, 1.165) is 25.9 Å². The molecule has 0 atom stereocenters. The number of carboxylic acids is 1. The van der Waals surface area contributed by atoms with Crippen molar-refractivity contribution < 1.29 is 19.5 Å². The number of carbonyl (C=O) groups excluding carboxylic acids is 2. The first-order valence-electron chi connectivity index (χ1n) is 7.46. The maximum atomic E-state index is 12.0. The number of carboxylic acid groups (broad SMARTS) is 1. The van der Waals surface area contributed by atoms with Crippen LogP contribution < -0.4 is 5.32 Å². The zero-order valence-corrected chi connectivity index (χ0v) is 12.8. The minimum Gasteiger partial charge on any atom is -0.481 e. The first-order valence-corrected chi connectivity index (χ1v) is 7.46. The van der Waals surface area contributed by atoms with Crippen LogP contribution in [0.4, 0.5) is 4.79 Å². The predicted octanol–water partition coefficient (Wildman–Crippen LogP) is 0.894. The highest BCUT2D eigenvalue weighted by atomic mass is 16.4. The Morgan fingerprint density at radius 3 is 2.33 bits per heavy atom. The van der Waals surface area contributed by atoms with Crippen molar-refractivity contribution in [1.29, 1.82) is 0 Å². The van der Waals surface area contributed by atoms with Crippen molar-refractivity contribution in [2.24, 2.45) is 0 Å². The SMILES string of the molecule is CC(C)N(CCC(=O)O)C(=O)NCCC(=O)N1CCCC1. The van der Waals surface area contributed by atoms with Crippen molar-refractivity contribution in [2.45, 2.75) is 45.6 Å². The maximum Gasteiger partial charge on any atom is 0.317 e. The first-order chi connectivity index (χ1) is 9.91. The van der Waals surface area contributed by atoms with E-state index in [1.54, 1.807) is 0 Å². The van der Waals surface area contributed by atoms with Gasteiger partial charge >= 0.3 is 12.0 Å². The lowest BCUT2D eigenvalue weighted by Gasteiger charge is -2.26. The van der Waals surface area contributed by atoms with Gasteiger partial charge in [-0.15, -0.1) is 0 Å². The van der Waals surface area contributed by atoms with Crippen LogP contribution in [0.2, 0.25) is 0 Å². The molecular formula is C14H25N3O4.